The van der Waals surface area contributed by atoms with Crippen molar-refractivity contribution in [3.8, 4) is 0 Å². The first-order valence-electron chi connectivity index (χ1n) is 5.32. The molecule has 0 radical (unpaired) electrons. The third-order valence-electron chi connectivity index (χ3n) is 2.70. The molecule has 1 aliphatic heterocycles. The van der Waals surface area contributed by atoms with Crippen LogP contribution in [0.3, 0.4) is 0 Å². The number of hydrogen-bond donors (Lipinski definition) is 0. The molecule has 1 heterocycles. The maximum atomic E-state index is 2.50. The van der Waals surface area contributed by atoms with Gasteiger partial charge in [-0.3, -0.25) is 0 Å². The fourth-order valence-electron chi connectivity index (χ4n) is 1.79. The molecule has 0 spiro atoms. The number of benzene rings is 1. The molecule has 1 aliphatic rings. The molecule has 1 fully saturated rings. The van der Waals surface area contributed by atoms with E-state index in [0.29, 0.717) is 0 Å². The largest absolute Gasteiger partial charge is 0.370 e. The lowest BCUT2D eigenvalue weighted by Gasteiger charge is -2.28. The van der Waals surface area contributed by atoms with Crippen molar-refractivity contribution in [1.29, 1.82) is 0 Å². The molecule has 0 N–H and O–H groups in total. The highest BCUT2D eigenvalue weighted by atomic mass is 32.2. The van der Waals surface area contributed by atoms with E-state index >= 15 is 0 Å². The van der Waals surface area contributed by atoms with Crippen molar-refractivity contribution in [2.75, 3.05) is 29.5 Å². The summed E-state index contributed by atoms with van der Waals surface area (Å²) in [6.45, 7) is 4.63. The molecule has 1 aromatic carbocycles. The molecule has 0 saturated carbocycles. The maximum absolute atomic E-state index is 2.50. The summed E-state index contributed by atoms with van der Waals surface area (Å²) < 4.78 is 0. The van der Waals surface area contributed by atoms with Crippen LogP contribution in [0.25, 0.3) is 0 Å². The van der Waals surface area contributed by atoms with E-state index in [1.807, 2.05) is 0 Å². The van der Waals surface area contributed by atoms with Gasteiger partial charge in [-0.25, -0.2) is 0 Å². The first-order chi connectivity index (χ1) is 6.90. The van der Waals surface area contributed by atoms with Crippen LogP contribution in [0.4, 0.5) is 5.69 Å². The van der Waals surface area contributed by atoms with Crippen LogP contribution in [-0.2, 0) is 6.42 Å². The minimum absolute atomic E-state index is 1.14. The number of aryl methyl sites for hydroxylation is 1. The van der Waals surface area contributed by atoms with Crippen LogP contribution in [0.1, 0.15) is 12.5 Å². The quantitative estimate of drug-likeness (QED) is 0.733. The van der Waals surface area contributed by atoms with Crippen LogP contribution in [0.15, 0.2) is 24.3 Å². The summed E-state index contributed by atoms with van der Waals surface area (Å²) in [5.41, 5.74) is 2.85. The molecule has 0 aliphatic carbocycles. The van der Waals surface area contributed by atoms with E-state index in [4.69, 9.17) is 0 Å². The van der Waals surface area contributed by atoms with Gasteiger partial charge in [0.2, 0.25) is 0 Å². The van der Waals surface area contributed by atoms with E-state index in [1.54, 1.807) is 0 Å². The molecule has 2 heteroatoms. The van der Waals surface area contributed by atoms with Crippen LogP contribution < -0.4 is 4.90 Å². The monoisotopic (exact) mass is 207 g/mol. The highest BCUT2D eigenvalue weighted by molar-refractivity contribution is 7.99. The van der Waals surface area contributed by atoms with Crippen LogP contribution >= 0.6 is 11.8 Å². The lowest BCUT2D eigenvalue weighted by atomic mass is 10.1. The second-order valence-electron chi connectivity index (χ2n) is 3.62. The fourth-order valence-corrected chi connectivity index (χ4v) is 2.70. The molecule has 1 aromatic rings. The van der Waals surface area contributed by atoms with Crippen molar-refractivity contribution >= 4 is 17.4 Å². The molecule has 0 aromatic heterocycles. The van der Waals surface area contributed by atoms with Crippen molar-refractivity contribution < 1.29 is 0 Å². The van der Waals surface area contributed by atoms with Crippen LogP contribution in [0.2, 0.25) is 0 Å². The Morgan fingerprint density at radius 1 is 1.29 bits per heavy atom. The third-order valence-corrected chi connectivity index (χ3v) is 3.64. The molecule has 0 amide bonds. The Morgan fingerprint density at radius 2 is 2.07 bits per heavy atom. The zero-order valence-corrected chi connectivity index (χ0v) is 9.52. The lowest BCUT2D eigenvalue weighted by molar-refractivity contribution is 0.857. The van der Waals surface area contributed by atoms with E-state index < -0.39 is 0 Å². The Kier molecular flexibility index (Phi) is 3.35. The fraction of sp³-hybridized carbons (Fsp3) is 0.500. The molecular formula is C12H17NS. The topological polar surface area (TPSA) is 3.24 Å². The van der Waals surface area contributed by atoms with Gasteiger partial charge in [-0.1, -0.05) is 19.1 Å². The Bertz CT molecular complexity index is 292. The number of rotatable bonds is 2. The predicted molar refractivity (Wildman–Crippen MR) is 65.4 cm³/mol. The number of hydrogen-bond acceptors (Lipinski definition) is 2. The van der Waals surface area contributed by atoms with Gasteiger partial charge in [0.15, 0.2) is 0 Å². The van der Waals surface area contributed by atoms with Gasteiger partial charge in [-0.2, -0.15) is 11.8 Å². The average Bonchev–Trinajstić information content (AvgIpc) is 2.30. The minimum atomic E-state index is 1.14. The standard InChI is InChI=1S/C12H17NS/c1-2-11-4-3-5-12(10-11)13-6-8-14-9-7-13/h3-5,10H,2,6-9H2,1H3. The van der Waals surface area contributed by atoms with Gasteiger partial charge in [-0.15, -0.1) is 0 Å². The second kappa shape index (κ2) is 4.74. The number of nitrogens with zero attached hydrogens (tertiary/aromatic N) is 1. The molecule has 76 valence electrons. The summed E-state index contributed by atoms with van der Waals surface area (Å²) in [7, 11) is 0. The van der Waals surface area contributed by atoms with Crippen LogP contribution in [0, 0.1) is 0 Å². The Labute approximate surface area is 90.5 Å². The summed E-state index contributed by atoms with van der Waals surface area (Å²) in [4.78, 5) is 2.50. The summed E-state index contributed by atoms with van der Waals surface area (Å²) in [5.74, 6) is 2.55. The Hall–Kier alpha value is -0.630. The first kappa shape index (κ1) is 9.91. The Morgan fingerprint density at radius 3 is 2.79 bits per heavy atom. The zero-order valence-electron chi connectivity index (χ0n) is 8.70. The van der Waals surface area contributed by atoms with E-state index in [1.165, 1.54) is 35.8 Å². The van der Waals surface area contributed by atoms with Crippen molar-refractivity contribution in [2.24, 2.45) is 0 Å². The Balaban J connectivity index is 2.13. The first-order valence-corrected chi connectivity index (χ1v) is 6.47. The number of anilines is 1. The molecular weight excluding hydrogens is 190 g/mol. The van der Waals surface area contributed by atoms with Gasteiger partial charge >= 0.3 is 0 Å². The van der Waals surface area contributed by atoms with Gasteiger partial charge in [0.05, 0.1) is 0 Å². The van der Waals surface area contributed by atoms with Crippen molar-refractivity contribution in [1.82, 2.24) is 0 Å². The van der Waals surface area contributed by atoms with E-state index in [2.05, 4.69) is 47.9 Å². The van der Waals surface area contributed by atoms with Crippen molar-refractivity contribution in [2.45, 2.75) is 13.3 Å². The molecule has 1 saturated heterocycles. The van der Waals surface area contributed by atoms with Crippen molar-refractivity contribution in [3.05, 3.63) is 29.8 Å². The molecule has 0 atom stereocenters. The maximum Gasteiger partial charge on any atom is 0.0369 e. The van der Waals surface area contributed by atoms with Gasteiger partial charge in [0, 0.05) is 30.3 Å². The van der Waals surface area contributed by atoms with Gasteiger partial charge in [0.25, 0.3) is 0 Å². The lowest BCUT2D eigenvalue weighted by Crippen LogP contribution is -2.32. The minimum Gasteiger partial charge on any atom is -0.370 e. The van der Waals surface area contributed by atoms with Crippen LogP contribution in [0.5, 0.6) is 0 Å². The molecule has 14 heavy (non-hydrogen) atoms. The van der Waals surface area contributed by atoms with Gasteiger partial charge in [-0.05, 0) is 24.1 Å². The molecule has 1 nitrogen and oxygen atoms in total. The summed E-state index contributed by atoms with van der Waals surface area (Å²) in [5, 5.41) is 0. The average molecular weight is 207 g/mol. The van der Waals surface area contributed by atoms with Gasteiger partial charge in [0.1, 0.15) is 0 Å². The highest BCUT2D eigenvalue weighted by Crippen LogP contribution is 2.20. The second-order valence-corrected chi connectivity index (χ2v) is 4.85. The smallest absolute Gasteiger partial charge is 0.0369 e. The molecule has 0 unspecified atom stereocenters. The summed E-state index contributed by atoms with van der Waals surface area (Å²) in [6, 6.07) is 8.95. The van der Waals surface area contributed by atoms with Gasteiger partial charge < -0.3 is 4.90 Å². The van der Waals surface area contributed by atoms with E-state index in [9.17, 15) is 0 Å². The summed E-state index contributed by atoms with van der Waals surface area (Å²) in [6.07, 6.45) is 1.14. The predicted octanol–water partition coefficient (Wildman–Crippen LogP) is 2.80. The summed E-state index contributed by atoms with van der Waals surface area (Å²) >= 11 is 2.06. The normalized spacial score (nSPS) is 17.1. The molecule has 0 bridgehead atoms. The molecule has 2 rings (SSSR count). The number of thioether (sulfide) groups is 1. The van der Waals surface area contributed by atoms with E-state index in [0.717, 1.165) is 6.42 Å². The van der Waals surface area contributed by atoms with E-state index in [-0.39, 0.29) is 0 Å². The van der Waals surface area contributed by atoms with Crippen molar-refractivity contribution in [3.63, 3.8) is 0 Å². The van der Waals surface area contributed by atoms with Crippen LogP contribution in [-0.4, -0.2) is 24.6 Å². The highest BCUT2D eigenvalue weighted by Gasteiger charge is 2.10. The third kappa shape index (κ3) is 2.24. The SMILES string of the molecule is CCc1cccc(N2CCSCC2)c1. The zero-order chi connectivity index (χ0) is 9.80.